The third-order valence-electron chi connectivity index (χ3n) is 4.01. The number of nitro benzene ring substituents is 1. The number of benzene rings is 2. The summed E-state index contributed by atoms with van der Waals surface area (Å²) in [6.07, 6.45) is -1.48. The van der Waals surface area contributed by atoms with E-state index in [9.17, 15) is 20.0 Å². The number of nitro groups is 1. The zero-order chi connectivity index (χ0) is 21.8. The third kappa shape index (κ3) is 4.34. The highest BCUT2D eigenvalue weighted by atomic mass is 35.5. The monoisotopic (exact) mass is 430 g/mol. The Hall–Kier alpha value is -4.03. The lowest BCUT2D eigenvalue weighted by atomic mass is 10.0. The molecule has 2 aromatic carbocycles. The molecule has 0 saturated carbocycles. The molecule has 7 N–H and O–H groups in total. The Morgan fingerprint density at radius 3 is 2.63 bits per heavy atom. The molecular weight excluding hydrogens is 416 g/mol. The number of guanidine groups is 1. The van der Waals surface area contributed by atoms with Crippen LogP contribution in [0.3, 0.4) is 0 Å². The Kier molecular flexibility index (Phi) is 5.90. The van der Waals surface area contributed by atoms with E-state index in [0.29, 0.717) is 16.1 Å². The molecule has 154 valence electrons. The van der Waals surface area contributed by atoms with E-state index in [4.69, 9.17) is 23.2 Å². The number of non-ortho nitro benzene ring substituents is 1. The molecule has 13 heteroatoms. The topological polar surface area (TPSA) is 198 Å². The Labute approximate surface area is 173 Å². The van der Waals surface area contributed by atoms with Crippen LogP contribution in [0.2, 0.25) is 5.02 Å². The number of hydrogen-bond donors (Lipinski definition) is 5. The van der Waals surface area contributed by atoms with Crippen molar-refractivity contribution in [2.24, 2.45) is 21.8 Å². The third-order valence-corrected chi connectivity index (χ3v) is 4.24. The van der Waals surface area contributed by atoms with Gasteiger partial charge in [-0.05, 0) is 35.9 Å². The van der Waals surface area contributed by atoms with Crippen LogP contribution in [0.4, 0.5) is 5.69 Å². The van der Waals surface area contributed by atoms with Crippen LogP contribution >= 0.6 is 11.6 Å². The lowest BCUT2D eigenvalue weighted by molar-refractivity contribution is -0.384. The Morgan fingerprint density at radius 1 is 1.30 bits per heavy atom. The van der Waals surface area contributed by atoms with Gasteiger partial charge in [-0.3, -0.25) is 14.9 Å². The molecule has 0 aliphatic carbocycles. The van der Waals surface area contributed by atoms with Gasteiger partial charge in [-0.1, -0.05) is 11.6 Å². The van der Waals surface area contributed by atoms with Crippen molar-refractivity contribution in [3.63, 3.8) is 0 Å². The van der Waals surface area contributed by atoms with Gasteiger partial charge in [0.25, 0.3) is 11.2 Å². The summed E-state index contributed by atoms with van der Waals surface area (Å²) in [6.45, 7) is 0. The Morgan fingerprint density at radius 2 is 2.00 bits per heavy atom. The maximum atomic E-state index is 12.6. The smallest absolute Gasteiger partial charge is 0.276 e. The number of hydrogen-bond acceptors (Lipinski definition) is 8. The van der Waals surface area contributed by atoms with Crippen molar-refractivity contribution in [3.8, 4) is 0 Å². The Bertz CT molecular complexity index is 1220. The number of hydrazone groups is 2. The number of nitrogens with zero attached hydrogens (tertiary/aromatic N) is 4. The number of aromatic amines is 1. The van der Waals surface area contributed by atoms with Crippen LogP contribution in [0.1, 0.15) is 17.4 Å². The second kappa shape index (κ2) is 8.55. The summed E-state index contributed by atoms with van der Waals surface area (Å²) in [7, 11) is 0. The van der Waals surface area contributed by atoms with Crippen LogP contribution in [-0.2, 0) is 0 Å². The lowest BCUT2D eigenvalue weighted by Crippen LogP contribution is -2.33. The molecule has 0 aliphatic heterocycles. The van der Waals surface area contributed by atoms with Crippen molar-refractivity contribution >= 4 is 40.0 Å². The van der Waals surface area contributed by atoms with Gasteiger partial charge in [0, 0.05) is 17.2 Å². The van der Waals surface area contributed by atoms with E-state index in [1.807, 2.05) is 0 Å². The molecule has 1 unspecified atom stereocenters. The SMILES string of the molecule is NN=C(N)N/N=C(\c1nc2ccc(Cl)cc2[nH]c1=O)C(O)c1ccc([N+](=O)[O-])cc1. The molecule has 0 aliphatic rings. The van der Waals surface area contributed by atoms with Gasteiger partial charge in [0.05, 0.1) is 16.0 Å². The van der Waals surface area contributed by atoms with E-state index < -0.39 is 16.6 Å². The number of fused-ring (bicyclic) bond motifs is 1. The van der Waals surface area contributed by atoms with E-state index in [2.05, 4.69) is 25.6 Å². The standard InChI is InChI=1S/C17H15ClN8O4/c18-9-3-6-11-12(7-9)22-16(28)14(21-11)13(24-25-17(19)23-20)15(27)8-1-4-10(5-2-8)26(29)30/h1-7,15,27H,20H2,(H,22,28)(H3,19,23,25)/b24-13+. The van der Waals surface area contributed by atoms with Gasteiger partial charge in [0.1, 0.15) is 11.8 Å². The first-order valence-electron chi connectivity index (χ1n) is 8.29. The molecule has 1 atom stereocenters. The summed E-state index contributed by atoms with van der Waals surface area (Å²) < 4.78 is 0. The zero-order valence-electron chi connectivity index (χ0n) is 15.1. The first-order valence-corrected chi connectivity index (χ1v) is 8.67. The predicted octanol–water partition coefficient (Wildman–Crippen LogP) is 0.700. The van der Waals surface area contributed by atoms with Crippen molar-refractivity contribution in [1.29, 1.82) is 0 Å². The predicted molar refractivity (Wildman–Crippen MR) is 111 cm³/mol. The molecule has 0 fully saturated rings. The van der Waals surface area contributed by atoms with E-state index >= 15 is 0 Å². The molecular formula is C17H15ClN8O4. The Balaban J connectivity index is 2.12. The zero-order valence-corrected chi connectivity index (χ0v) is 15.9. The van der Waals surface area contributed by atoms with E-state index in [0.717, 1.165) is 0 Å². The molecule has 12 nitrogen and oxygen atoms in total. The quantitative estimate of drug-likeness (QED) is 0.128. The number of aliphatic hydroxyl groups excluding tert-OH is 1. The summed E-state index contributed by atoms with van der Waals surface area (Å²) in [5.74, 6) is 4.77. The molecule has 0 radical (unpaired) electrons. The molecule has 3 rings (SSSR count). The highest BCUT2D eigenvalue weighted by Crippen LogP contribution is 2.22. The second-order valence-electron chi connectivity index (χ2n) is 5.95. The molecule has 1 aromatic heterocycles. The van der Waals surface area contributed by atoms with Crippen molar-refractivity contribution < 1.29 is 10.0 Å². The number of rotatable bonds is 5. The van der Waals surface area contributed by atoms with Gasteiger partial charge >= 0.3 is 0 Å². The lowest BCUT2D eigenvalue weighted by Gasteiger charge is -2.14. The fourth-order valence-corrected chi connectivity index (χ4v) is 2.73. The average Bonchev–Trinajstić information content (AvgIpc) is 2.73. The van der Waals surface area contributed by atoms with Crippen LogP contribution in [0.25, 0.3) is 11.0 Å². The minimum Gasteiger partial charge on any atom is -0.382 e. The number of halogens is 1. The van der Waals surface area contributed by atoms with Crippen molar-refractivity contribution in [2.45, 2.75) is 6.10 Å². The maximum Gasteiger partial charge on any atom is 0.276 e. The van der Waals surface area contributed by atoms with Gasteiger partial charge in [-0.15, -0.1) is 5.10 Å². The van der Waals surface area contributed by atoms with Crippen molar-refractivity contribution in [2.75, 3.05) is 0 Å². The van der Waals surface area contributed by atoms with E-state index in [1.54, 1.807) is 12.1 Å². The number of aromatic nitrogens is 2. The average molecular weight is 431 g/mol. The maximum absolute atomic E-state index is 12.6. The molecule has 0 saturated heterocycles. The molecule has 3 aromatic rings. The fourth-order valence-electron chi connectivity index (χ4n) is 2.56. The summed E-state index contributed by atoms with van der Waals surface area (Å²) in [6, 6.07) is 9.76. The summed E-state index contributed by atoms with van der Waals surface area (Å²) in [5, 5.41) is 29.2. The van der Waals surface area contributed by atoms with E-state index in [1.165, 1.54) is 30.3 Å². The molecule has 0 spiro atoms. The fraction of sp³-hybridized carbons (Fsp3) is 0.0588. The highest BCUT2D eigenvalue weighted by molar-refractivity contribution is 6.31. The van der Waals surface area contributed by atoms with Crippen molar-refractivity contribution in [1.82, 2.24) is 15.4 Å². The van der Waals surface area contributed by atoms with Crippen LogP contribution in [0, 0.1) is 10.1 Å². The number of nitrogens with one attached hydrogen (secondary N) is 2. The van der Waals surface area contributed by atoms with Crippen LogP contribution in [-0.4, -0.2) is 31.7 Å². The summed E-state index contributed by atoms with van der Waals surface area (Å²) >= 11 is 5.93. The largest absolute Gasteiger partial charge is 0.382 e. The van der Waals surface area contributed by atoms with Crippen LogP contribution in [0.5, 0.6) is 0 Å². The second-order valence-corrected chi connectivity index (χ2v) is 6.39. The van der Waals surface area contributed by atoms with Crippen molar-refractivity contribution in [3.05, 3.63) is 79.2 Å². The van der Waals surface area contributed by atoms with Gasteiger partial charge in [0.15, 0.2) is 5.69 Å². The van der Waals surface area contributed by atoms with Crippen LogP contribution in [0.15, 0.2) is 57.5 Å². The van der Waals surface area contributed by atoms with Gasteiger partial charge in [-0.25, -0.2) is 10.4 Å². The minimum absolute atomic E-state index is 0.166. The number of aliphatic hydroxyl groups is 1. The molecule has 0 bridgehead atoms. The summed E-state index contributed by atoms with van der Waals surface area (Å²) in [4.78, 5) is 29.8. The van der Waals surface area contributed by atoms with Crippen LogP contribution < -0.4 is 22.6 Å². The highest BCUT2D eigenvalue weighted by Gasteiger charge is 2.23. The number of H-pyrrole nitrogens is 1. The van der Waals surface area contributed by atoms with Gasteiger partial charge in [-0.2, -0.15) is 5.10 Å². The number of nitrogens with two attached hydrogens (primary N) is 2. The summed E-state index contributed by atoms with van der Waals surface area (Å²) in [5.41, 5.74) is 7.51. The van der Waals surface area contributed by atoms with Gasteiger partial charge < -0.3 is 21.7 Å². The first-order chi connectivity index (χ1) is 14.3. The minimum atomic E-state index is -1.48. The normalized spacial score (nSPS) is 13.3. The van der Waals surface area contributed by atoms with E-state index in [-0.39, 0.29) is 28.6 Å². The molecule has 0 amide bonds. The first kappa shape index (κ1) is 20.7. The van der Waals surface area contributed by atoms with Gasteiger partial charge in [0.2, 0.25) is 5.96 Å². The molecule has 30 heavy (non-hydrogen) atoms. The molecule has 1 heterocycles.